The number of thiophene rings is 2. The standard InChI is InChI=1S/C20H18ClN3OS3/c1-12(22-8-10-26-14-6-4-13(21)5-7-14)18-23-19(25)17-15(11-28-20(17)24-18)16-3-2-9-27-16/h2-7,9,11-12,22H,8,10H2,1H3,(H,23,24,25)/t12-/m0/s1. The minimum absolute atomic E-state index is 0.0322. The molecule has 2 N–H and O–H groups in total. The van der Waals surface area contributed by atoms with Crippen molar-refractivity contribution in [1.82, 2.24) is 15.3 Å². The predicted molar refractivity (Wildman–Crippen MR) is 122 cm³/mol. The number of hydrogen-bond donors (Lipinski definition) is 2. The molecule has 1 aromatic carbocycles. The Balaban J connectivity index is 1.42. The Kier molecular flexibility index (Phi) is 6.18. The van der Waals surface area contributed by atoms with Crippen LogP contribution in [0.15, 0.2) is 56.8 Å². The van der Waals surface area contributed by atoms with Crippen molar-refractivity contribution in [1.29, 1.82) is 0 Å². The molecule has 0 saturated carbocycles. The lowest BCUT2D eigenvalue weighted by Crippen LogP contribution is -2.25. The van der Waals surface area contributed by atoms with Crippen LogP contribution in [0.4, 0.5) is 0 Å². The second kappa shape index (κ2) is 8.80. The first kappa shape index (κ1) is 19.7. The molecule has 0 bridgehead atoms. The smallest absolute Gasteiger partial charge is 0.260 e. The fourth-order valence-electron chi connectivity index (χ4n) is 2.86. The van der Waals surface area contributed by atoms with Crippen molar-refractivity contribution in [2.75, 3.05) is 12.3 Å². The van der Waals surface area contributed by atoms with Gasteiger partial charge in [0, 0.05) is 38.0 Å². The van der Waals surface area contributed by atoms with E-state index in [4.69, 9.17) is 16.6 Å². The van der Waals surface area contributed by atoms with Gasteiger partial charge in [-0.3, -0.25) is 4.79 Å². The zero-order chi connectivity index (χ0) is 19.5. The molecular formula is C20H18ClN3OS3. The fraction of sp³-hybridized carbons (Fsp3) is 0.200. The summed E-state index contributed by atoms with van der Waals surface area (Å²) in [7, 11) is 0. The van der Waals surface area contributed by atoms with E-state index >= 15 is 0 Å². The van der Waals surface area contributed by atoms with Crippen LogP contribution in [0.3, 0.4) is 0 Å². The van der Waals surface area contributed by atoms with Gasteiger partial charge in [0.15, 0.2) is 0 Å². The molecule has 28 heavy (non-hydrogen) atoms. The molecule has 3 heterocycles. The maximum atomic E-state index is 12.7. The monoisotopic (exact) mass is 447 g/mol. The van der Waals surface area contributed by atoms with Crippen molar-refractivity contribution in [3.8, 4) is 10.4 Å². The lowest BCUT2D eigenvalue weighted by Gasteiger charge is -2.13. The Morgan fingerprint density at radius 3 is 2.82 bits per heavy atom. The third kappa shape index (κ3) is 4.34. The quantitative estimate of drug-likeness (QED) is 0.277. The molecule has 0 aliphatic carbocycles. The summed E-state index contributed by atoms with van der Waals surface area (Å²) < 4.78 is 0. The largest absolute Gasteiger partial charge is 0.309 e. The molecule has 4 nitrogen and oxygen atoms in total. The van der Waals surface area contributed by atoms with Crippen LogP contribution < -0.4 is 10.9 Å². The maximum Gasteiger partial charge on any atom is 0.260 e. The fourth-order valence-corrected chi connectivity index (χ4v) is 5.54. The Hall–Kier alpha value is -1.64. The number of H-pyrrole nitrogens is 1. The second-order valence-corrected chi connectivity index (χ2v) is 9.65. The number of fused-ring (bicyclic) bond motifs is 1. The molecule has 0 radical (unpaired) electrons. The van der Waals surface area contributed by atoms with Gasteiger partial charge in [-0.15, -0.1) is 34.4 Å². The van der Waals surface area contributed by atoms with Crippen LogP contribution in [-0.4, -0.2) is 22.3 Å². The SMILES string of the molecule is C[C@H](NCCSc1ccc(Cl)cc1)c1nc2scc(-c3cccs3)c2c(=O)[nH]1. The summed E-state index contributed by atoms with van der Waals surface area (Å²) in [6.45, 7) is 2.83. The summed E-state index contributed by atoms with van der Waals surface area (Å²) in [5.74, 6) is 1.59. The van der Waals surface area contributed by atoms with E-state index in [0.29, 0.717) is 11.2 Å². The molecule has 0 amide bonds. The number of aromatic amines is 1. The van der Waals surface area contributed by atoms with E-state index in [-0.39, 0.29) is 11.6 Å². The van der Waals surface area contributed by atoms with Gasteiger partial charge in [0.25, 0.3) is 5.56 Å². The van der Waals surface area contributed by atoms with Crippen molar-refractivity contribution < 1.29 is 0 Å². The zero-order valence-corrected chi connectivity index (χ0v) is 18.3. The molecule has 0 aliphatic rings. The van der Waals surface area contributed by atoms with E-state index in [1.54, 1.807) is 23.1 Å². The first-order valence-corrected chi connectivity index (χ1v) is 11.9. The highest BCUT2D eigenvalue weighted by Gasteiger charge is 2.16. The van der Waals surface area contributed by atoms with Crippen LogP contribution >= 0.6 is 46.0 Å². The van der Waals surface area contributed by atoms with Gasteiger partial charge >= 0.3 is 0 Å². The Labute approximate surface area is 180 Å². The van der Waals surface area contributed by atoms with E-state index in [2.05, 4.69) is 10.3 Å². The van der Waals surface area contributed by atoms with Crippen LogP contribution in [0.25, 0.3) is 20.7 Å². The van der Waals surface area contributed by atoms with Crippen molar-refractivity contribution >= 4 is 56.3 Å². The Morgan fingerprint density at radius 1 is 1.25 bits per heavy atom. The van der Waals surface area contributed by atoms with Crippen LogP contribution in [0.2, 0.25) is 5.02 Å². The summed E-state index contributed by atoms with van der Waals surface area (Å²) in [6.07, 6.45) is 0. The highest BCUT2D eigenvalue weighted by Crippen LogP contribution is 2.33. The Bertz CT molecular complexity index is 1120. The summed E-state index contributed by atoms with van der Waals surface area (Å²) in [6, 6.07) is 11.8. The first-order chi connectivity index (χ1) is 13.6. The van der Waals surface area contributed by atoms with Crippen molar-refractivity contribution in [3.63, 3.8) is 0 Å². The molecule has 8 heteroatoms. The summed E-state index contributed by atoms with van der Waals surface area (Å²) in [5.41, 5.74) is 0.893. The van der Waals surface area contributed by atoms with Crippen LogP contribution in [0.5, 0.6) is 0 Å². The maximum absolute atomic E-state index is 12.7. The molecule has 0 spiro atoms. The minimum atomic E-state index is -0.0751. The van der Waals surface area contributed by atoms with Gasteiger partial charge in [-0.05, 0) is 42.6 Å². The molecule has 0 aliphatic heterocycles. The minimum Gasteiger partial charge on any atom is -0.309 e. The van der Waals surface area contributed by atoms with E-state index in [0.717, 1.165) is 32.6 Å². The van der Waals surface area contributed by atoms with Crippen molar-refractivity contribution in [2.45, 2.75) is 17.9 Å². The van der Waals surface area contributed by atoms with Gasteiger partial charge in [-0.1, -0.05) is 17.7 Å². The molecule has 3 aromatic heterocycles. The highest BCUT2D eigenvalue weighted by molar-refractivity contribution is 7.99. The summed E-state index contributed by atoms with van der Waals surface area (Å²) in [4.78, 5) is 23.4. The van der Waals surface area contributed by atoms with E-state index in [1.165, 1.54) is 16.2 Å². The van der Waals surface area contributed by atoms with Gasteiger partial charge in [-0.2, -0.15) is 0 Å². The number of aromatic nitrogens is 2. The normalized spacial score (nSPS) is 12.5. The van der Waals surface area contributed by atoms with Crippen LogP contribution in [-0.2, 0) is 0 Å². The average molecular weight is 448 g/mol. The van der Waals surface area contributed by atoms with E-state index in [1.807, 2.05) is 54.1 Å². The number of thioether (sulfide) groups is 1. The lowest BCUT2D eigenvalue weighted by molar-refractivity contribution is 0.570. The van der Waals surface area contributed by atoms with Gasteiger partial charge < -0.3 is 10.3 Å². The molecule has 0 unspecified atom stereocenters. The van der Waals surface area contributed by atoms with Crippen molar-refractivity contribution in [2.24, 2.45) is 0 Å². The topological polar surface area (TPSA) is 57.8 Å². The number of hydrogen-bond acceptors (Lipinski definition) is 6. The molecule has 4 aromatic rings. The van der Waals surface area contributed by atoms with Crippen LogP contribution in [0, 0.1) is 0 Å². The van der Waals surface area contributed by atoms with Crippen LogP contribution in [0.1, 0.15) is 18.8 Å². The number of rotatable bonds is 7. The second-order valence-electron chi connectivity index (χ2n) is 6.24. The number of nitrogens with one attached hydrogen (secondary N) is 2. The highest BCUT2D eigenvalue weighted by atomic mass is 35.5. The van der Waals surface area contributed by atoms with E-state index < -0.39 is 0 Å². The number of halogens is 1. The first-order valence-electron chi connectivity index (χ1n) is 8.79. The van der Waals surface area contributed by atoms with Gasteiger partial charge in [-0.25, -0.2) is 4.98 Å². The molecular weight excluding hydrogens is 430 g/mol. The Morgan fingerprint density at radius 2 is 2.07 bits per heavy atom. The van der Waals surface area contributed by atoms with Gasteiger partial charge in [0.05, 0.1) is 11.4 Å². The summed E-state index contributed by atoms with van der Waals surface area (Å²) >= 11 is 10.8. The predicted octanol–water partition coefficient (Wildman–Crippen LogP) is 5.81. The number of nitrogens with zero attached hydrogens (tertiary/aromatic N) is 1. The lowest BCUT2D eigenvalue weighted by atomic mass is 10.2. The molecule has 4 rings (SSSR count). The zero-order valence-electron chi connectivity index (χ0n) is 15.1. The molecule has 144 valence electrons. The molecule has 0 saturated heterocycles. The average Bonchev–Trinajstić information content (AvgIpc) is 3.36. The number of benzene rings is 1. The summed E-state index contributed by atoms with van der Waals surface area (Å²) in [5, 5.41) is 8.90. The molecule has 0 fully saturated rings. The third-order valence-electron chi connectivity index (χ3n) is 4.29. The van der Waals surface area contributed by atoms with Crippen molar-refractivity contribution in [3.05, 3.63) is 68.4 Å². The third-order valence-corrected chi connectivity index (χ3v) is 7.34. The van der Waals surface area contributed by atoms with Gasteiger partial charge in [0.1, 0.15) is 10.7 Å². The van der Waals surface area contributed by atoms with Gasteiger partial charge in [0.2, 0.25) is 0 Å². The van der Waals surface area contributed by atoms with E-state index in [9.17, 15) is 4.79 Å². The molecule has 1 atom stereocenters.